The Bertz CT molecular complexity index is 885. The number of hydrogen-bond donors (Lipinski definition) is 0. The van der Waals surface area contributed by atoms with Crippen molar-refractivity contribution in [2.75, 3.05) is 7.11 Å². The van der Waals surface area contributed by atoms with Gasteiger partial charge in [0.15, 0.2) is 5.69 Å². The average Bonchev–Trinajstić information content (AvgIpc) is 3.02. The van der Waals surface area contributed by atoms with Gasteiger partial charge in [0, 0.05) is 0 Å². The van der Waals surface area contributed by atoms with E-state index in [0.717, 1.165) is 22.6 Å². The van der Waals surface area contributed by atoms with E-state index < -0.39 is 5.97 Å². The molecule has 0 aliphatic carbocycles. The van der Waals surface area contributed by atoms with Gasteiger partial charge in [-0.05, 0) is 43.7 Å². The zero-order chi connectivity index (χ0) is 17.8. The molecule has 6 heteroatoms. The summed E-state index contributed by atoms with van der Waals surface area (Å²) < 4.78 is 12.1. The smallest absolute Gasteiger partial charge is 0.361 e. The summed E-state index contributed by atoms with van der Waals surface area (Å²) in [5.41, 5.74) is 3.70. The Morgan fingerprint density at radius 3 is 2.60 bits per heavy atom. The molecule has 1 aromatic heterocycles. The van der Waals surface area contributed by atoms with Crippen LogP contribution in [0.3, 0.4) is 0 Å². The SMILES string of the molecule is COc1cccc(COC(=O)c2nnn(-c3ccc(C)cc3)c2C)c1. The molecule has 0 saturated carbocycles. The third-order valence-corrected chi connectivity index (χ3v) is 3.87. The van der Waals surface area contributed by atoms with Crippen molar-refractivity contribution >= 4 is 5.97 Å². The Morgan fingerprint density at radius 1 is 1.12 bits per heavy atom. The predicted molar refractivity (Wildman–Crippen MR) is 92.9 cm³/mol. The van der Waals surface area contributed by atoms with Gasteiger partial charge in [-0.25, -0.2) is 9.48 Å². The number of nitrogens with zero attached hydrogens (tertiary/aromatic N) is 3. The number of carbonyl (C=O) groups excluding carboxylic acids is 1. The van der Waals surface area contributed by atoms with Crippen LogP contribution < -0.4 is 4.74 Å². The number of ether oxygens (including phenoxy) is 2. The first kappa shape index (κ1) is 16.7. The van der Waals surface area contributed by atoms with Crippen LogP contribution in [0.5, 0.6) is 5.75 Å². The zero-order valence-electron chi connectivity index (χ0n) is 14.4. The van der Waals surface area contributed by atoms with Gasteiger partial charge in [0.2, 0.25) is 0 Å². The van der Waals surface area contributed by atoms with Crippen molar-refractivity contribution in [3.8, 4) is 11.4 Å². The van der Waals surface area contributed by atoms with E-state index in [1.807, 2.05) is 55.5 Å². The fourth-order valence-electron chi connectivity index (χ4n) is 2.43. The van der Waals surface area contributed by atoms with E-state index in [0.29, 0.717) is 5.69 Å². The van der Waals surface area contributed by atoms with Crippen LogP contribution in [0.15, 0.2) is 48.5 Å². The fourth-order valence-corrected chi connectivity index (χ4v) is 2.43. The summed E-state index contributed by atoms with van der Waals surface area (Å²) in [4.78, 5) is 12.3. The van der Waals surface area contributed by atoms with E-state index in [1.54, 1.807) is 18.7 Å². The first-order valence-electron chi connectivity index (χ1n) is 7.88. The van der Waals surface area contributed by atoms with Gasteiger partial charge in [-0.15, -0.1) is 5.10 Å². The van der Waals surface area contributed by atoms with Gasteiger partial charge in [-0.1, -0.05) is 35.0 Å². The summed E-state index contributed by atoms with van der Waals surface area (Å²) >= 11 is 0. The van der Waals surface area contributed by atoms with E-state index in [-0.39, 0.29) is 12.3 Å². The van der Waals surface area contributed by atoms with Gasteiger partial charge < -0.3 is 9.47 Å². The minimum atomic E-state index is -0.501. The molecule has 0 bridgehead atoms. The molecule has 0 aliphatic rings. The molecular weight excluding hydrogens is 318 g/mol. The molecular formula is C19H19N3O3. The molecule has 0 fully saturated rings. The van der Waals surface area contributed by atoms with Gasteiger partial charge in [0.25, 0.3) is 0 Å². The van der Waals surface area contributed by atoms with Crippen molar-refractivity contribution in [1.82, 2.24) is 15.0 Å². The highest BCUT2D eigenvalue weighted by atomic mass is 16.5. The third kappa shape index (κ3) is 3.68. The van der Waals surface area contributed by atoms with Crippen LogP contribution in [0.1, 0.15) is 27.3 Å². The van der Waals surface area contributed by atoms with E-state index in [9.17, 15) is 4.79 Å². The average molecular weight is 337 g/mol. The van der Waals surface area contributed by atoms with Crippen LogP contribution in [-0.4, -0.2) is 28.1 Å². The Kier molecular flexibility index (Phi) is 4.79. The maximum Gasteiger partial charge on any atom is 0.361 e. The lowest BCUT2D eigenvalue weighted by molar-refractivity contribution is 0.0464. The van der Waals surface area contributed by atoms with Crippen molar-refractivity contribution in [2.24, 2.45) is 0 Å². The molecule has 0 unspecified atom stereocenters. The predicted octanol–water partition coefficient (Wildman–Crippen LogP) is 3.25. The molecule has 1 heterocycles. The number of aryl methyl sites for hydroxylation is 1. The quantitative estimate of drug-likeness (QED) is 0.669. The first-order chi connectivity index (χ1) is 12.1. The Labute approximate surface area is 146 Å². The van der Waals surface area contributed by atoms with E-state index in [1.165, 1.54) is 0 Å². The zero-order valence-corrected chi connectivity index (χ0v) is 14.4. The molecule has 128 valence electrons. The Hall–Kier alpha value is -3.15. The molecule has 0 radical (unpaired) electrons. The van der Waals surface area contributed by atoms with Crippen LogP contribution in [0, 0.1) is 13.8 Å². The normalized spacial score (nSPS) is 10.5. The lowest BCUT2D eigenvalue weighted by Crippen LogP contribution is -2.08. The van der Waals surface area contributed by atoms with Crippen molar-refractivity contribution in [2.45, 2.75) is 20.5 Å². The Morgan fingerprint density at radius 2 is 1.88 bits per heavy atom. The first-order valence-corrected chi connectivity index (χ1v) is 7.88. The topological polar surface area (TPSA) is 66.2 Å². The van der Waals surface area contributed by atoms with Gasteiger partial charge in [-0.2, -0.15) is 0 Å². The van der Waals surface area contributed by atoms with Crippen LogP contribution >= 0.6 is 0 Å². The minimum Gasteiger partial charge on any atom is -0.497 e. The molecule has 0 amide bonds. The molecule has 3 aromatic rings. The number of aromatic nitrogens is 3. The lowest BCUT2D eigenvalue weighted by Gasteiger charge is -2.06. The Balaban J connectivity index is 1.73. The molecule has 0 aliphatic heterocycles. The maximum absolute atomic E-state index is 12.3. The van der Waals surface area contributed by atoms with E-state index >= 15 is 0 Å². The van der Waals surface area contributed by atoms with Crippen molar-refractivity contribution < 1.29 is 14.3 Å². The number of methoxy groups -OCH3 is 1. The van der Waals surface area contributed by atoms with Crippen molar-refractivity contribution in [3.05, 3.63) is 71.0 Å². The highest BCUT2D eigenvalue weighted by Crippen LogP contribution is 2.16. The number of rotatable bonds is 5. The van der Waals surface area contributed by atoms with Crippen molar-refractivity contribution in [3.63, 3.8) is 0 Å². The molecule has 0 saturated heterocycles. The minimum absolute atomic E-state index is 0.146. The largest absolute Gasteiger partial charge is 0.497 e. The van der Waals surface area contributed by atoms with Crippen LogP contribution in [0.25, 0.3) is 5.69 Å². The molecule has 0 N–H and O–H groups in total. The van der Waals surface area contributed by atoms with Gasteiger partial charge >= 0.3 is 5.97 Å². The maximum atomic E-state index is 12.3. The van der Waals surface area contributed by atoms with E-state index in [4.69, 9.17) is 9.47 Å². The summed E-state index contributed by atoms with van der Waals surface area (Å²) in [5, 5.41) is 8.04. The van der Waals surface area contributed by atoms with Crippen LogP contribution in [0.2, 0.25) is 0 Å². The molecule has 3 rings (SSSR count). The second-order valence-electron chi connectivity index (χ2n) is 5.70. The van der Waals surface area contributed by atoms with Crippen molar-refractivity contribution in [1.29, 1.82) is 0 Å². The standard InChI is InChI=1S/C19H19N3O3/c1-13-7-9-16(10-8-13)22-14(2)18(20-21-22)19(23)25-12-15-5-4-6-17(11-15)24-3/h4-11H,12H2,1-3H3. The number of carbonyl (C=O) groups is 1. The van der Waals surface area contributed by atoms with Gasteiger partial charge in [-0.3, -0.25) is 0 Å². The third-order valence-electron chi connectivity index (χ3n) is 3.87. The number of hydrogen-bond acceptors (Lipinski definition) is 5. The summed E-state index contributed by atoms with van der Waals surface area (Å²) in [6.45, 7) is 3.95. The lowest BCUT2D eigenvalue weighted by atomic mass is 10.2. The summed E-state index contributed by atoms with van der Waals surface area (Å²) in [6.07, 6.45) is 0. The molecule has 0 atom stereocenters. The highest BCUT2D eigenvalue weighted by molar-refractivity contribution is 5.88. The highest BCUT2D eigenvalue weighted by Gasteiger charge is 2.18. The van der Waals surface area contributed by atoms with Crippen LogP contribution in [0.4, 0.5) is 0 Å². The fraction of sp³-hybridized carbons (Fsp3) is 0.211. The van der Waals surface area contributed by atoms with Gasteiger partial charge in [0.1, 0.15) is 12.4 Å². The second-order valence-corrected chi connectivity index (χ2v) is 5.70. The summed E-state index contributed by atoms with van der Waals surface area (Å²) in [5.74, 6) is 0.216. The number of benzene rings is 2. The number of esters is 1. The second kappa shape index (κ2) is 7.17. The van der Waals surface area contributed by atoms with Crippen LogP contribution in [-0.2, 0) is 11.3 Å². The molecule has 6 nitrogen and oxygen atoms in total. The monoisotopic (exact) mass is 337 g/mol. The molecule has 2 aromatic carbocycles. The van der Waals surface area contributed by atoms with E-state index in [2.05, 4.69) is 10.3 Å². The van der Waals surface area contributed by atoms with Gasteiger partial charge in [0.05, 0.1) is 18.5 Å². The summed E-state index contributed by atoms with van der Waals surface area (Å²) in [6, 6.07) is 15.2. The molecule has 25 heavy (non-hydrogen) atoms. The summed E-state index contributed by atoms with van der Waals surface area (Å²) in [7, 11) is 1.60. The molecule has 0 spiro atoms.